The molecule has 0 atom stereocenters. The summed E-state index contributed by atoms with van der Waals surface area (Å²) < 4.78 is 5.22. The Morgan fingerprint density at radius 3 is 2.33 bits per heavy atom. The maximum absolute atomic E-state index is 12.3. The number of hydrogen-bond acceptors (Lipinski definition) is 2. The number of carbonyl (C=O) groups is 1. The van der Waals surface area contributed by atoms with Crippen LogP contribution in [0.4, 0.5) is 0 Å². The molecule has 0 spiro atoms. The van der Waals surface area contributed by atoms with Gasteiger partial charge in [0.1, 0.15) is 5.75 Å². The van der Waals surface area contributed by atoms with Crippen LogP contribution in [0, 0.1) is 0 Å². The third kappa shape index (κ3) is 3.63. The van der Waals surface area contributed by atoms with Crippen LogP contribution >= 0.6 is 0 Å². The van der Waals surface area contributed by atoms with Gasteiger partial charge in [0.05, 0.1) is 12.7 Å². The van der Waals surface area contributed by atoms with E-state index in [4.69, 9.17) is 4.74 Å². The highest BCUT2D eigenvalue weighted by atomic mass is 16.5. The monoisotopic (exact) mass is 283 g/mol. The van der Waals surface area contributed by atoms with Gasteiger partial charge in [-0.3, -0.25) is 4.79 Å². The lowest BCUT2D eigenvalue weighted by atomic mass is 9.84. The van der Waals surface area contributed by atoms with Crippen molar-refractivity contribution in [1.82, 2.24) is 5.32 Å². The molecule has 2 aromatic carbocycles. The van der Waals surface area contributed by atoms with Crippen molar-refractivity contribution >= 4 is 5.91 Å². The fraction of sp³-hybridized carbons (Fsp3) is 0.278. The van der Waals surface area contributed by atoms with E-state index in [1.807, 2.05) is 30.3 Å². The summed E-state index contributed by atoms with van der Waals surface area (Å²) in [5, 5.41) is 2.99. The fourth-order valence-electron chi connectivity index (χ4n) is 2.22. The molecule has 3 nitrogen and oxygen atoms in total. The van der Waals surface area contributed by atoms with Crippen LogP contribution in [0.3, 0.4) is 0 Å². The van der Waals surface area contributed by atoms with E-state index in [0.717, 1.165) is 0 Å². The van der Waals surface area contributed by atoms with Crippen molar-refractivity contribution in [3.8, 4) is 5.75 Å². The molecule has 21 heavy (non-hydrogen) atoms. The van der Waals surface area contributed by atoms with Gasteiger partial charge in [0.15, 0.2) is 0 Å². The Morgan fingerprint density at radius 1 is 1.05 bits per heavy atom. The van der Waals surface area contributed by atoms with E-state index in [9.17, 15) is 4.79 Å². The highest BCUT2D eigenvalue weighted by molar-refractivity contribution is 5.96. The number of ether oxygens (including phenoxy) is 1. The zero-order chi connectivity index (χ0) is 15.3. The SMILES string of the molecule is COc1ccccc1C(=O)NCC(C)(C)c1ccccc1. The Balaban J connectivity index is 2.07. The smallest absolute Gasteiger partial charge is 0.255 e. The molecule has 3 heteroatoms. The normalized spacial score (nSPS) is 11.0. The summed E-state index contributed by atoms with van der Waals surface area (Å²) in [7, 11) is 1.57. The number of methoxy groups -OCH3 is 1. The van der Waals surface area contributed by atoms with E-state index >= 15 is 0 Å². The maximum Gasteiger partial charge on any atom is 0.255 e. The highest BCUT2D eigenvalue weighted by Crippen LogP contribution is 2.22. The Morgan fingerprint density at radius 2 is 1.67 bits per heavy atom. The van der Waals surface area contributed by atoms with Gasteiger partial charge in [0.25, 0.3) is 5.91 Å². The van der Waals surface area contributed by atoms with Gasteiger partial charge >= 0.3 is 0 Å². The lowest BCUT2D eigenvalue weighted by Gasteiger charge is -2.25. The molecule has 0 aliphatic heterocycles. The highest BCUT2D eigenvalue weighted by Gasteiger charge is 2.22. The van der Waals surface area contributed by atoms with Crippen molar-refractivity contribution in [2.45, 2.75) is 19.3 Å². The number of hydrogen-bond donors (Lipinski definition) is 1. The number of carbonyl (C=O) groups excluding carboxylic acids is 1. The van der Waals surface area contributed by atoms with Crippen LogP contribution < -0.4 is 10.1 Å². The minimum Gasteiger partial charge on any atom is -0.496 e. The van der Waals surface area contributed by atoms with Crippen LogP contribution in [0.2, 0.25) is 0 Å². The quantitative estimate of drug-likeness (QED) is 0.913. The first kappa shape index (κ1) is 15.1. The first-order chi connectivity index (χ1) is 10.0. The summed E-state index contributed by atoms with van der Waals surface area (Å²) in [5.41, 5.74) is 1.63. The number of amides is 1. The molecule has 0 aliphatic rings. The minimum atomic E-state index is -0.126. The van der Waals surface area contributed by atoms with Crippen LogP contribution in [0.1, 0.15) is 29.8 Å². The van der Waals surface area contributed by atoms with Gasteiger partial charge in [0.2, 0.25) is 0 Å². The van der Waals surface area contributed by atoms with E-state index in [1.165, 1.54) is 5.56 Å². The van der Waals surface area contributed by atoms with Crippen molar-refractivity contribution in [3.05, 3.63) is 65.7 Å². The van der Waals surface area contributed by atoms with Gasteiger partial charge < -0.3 is 10.1 Å². The lowest BCUT2D eigenvalue weighted by Crippen LogP contribution is -2.36. The molecule has 0 saturated carbocycles. The molecule has 1 N–H and O–H groups in total. The number of para-hydroxylation sites is 1. The second kappa shape index (κ2) is 6.44. The predicted molar refractivity (Wildman–Crippen MR) is 84.8 cm³/mol. The molecule has 0 saturated heterocycles. The third-order valence-electron chi connectivity index (χ3n) is 3.60. The van der Waals surface area contributed by atoms with E-state index in [0.29, 0.717) is 17.9 Å². The second-order valence-electron chi connectivity index (χ2n) is 5.63. The largest absolute Gasteiger partial charge is 0.496 e. The minimum absolute atomic E-state index is 0.114. The molecule has 0 heterocycles. The standard InChI is InChI=1S/C18H21NO2/c1-18(2,14-9-5-4-6-10-14)13-19-17(20)15-11-7-8-12-16(15)21-3/h4-12H,13H2,1-3H3,(H,19,20). The molecule has 2 rings (SSSR count). The molecule has 1 amide bonds. The maximum atomic E-state index is 12.3. The summed E-state index contributed by atoms with van der Waals surface area (Å²) in [6.07, 6.45) is 0. The summed E-state index contributed by atoms with van der Waals surface area (Å²) in [5.74, 6) is 0.476. The Labute approximate surface area is 126 Å². The molecule has 0 aliphatic carbocycles. The molecule has 110 valence electrons. The summed E-state index contributed by atoms with van der Waals surface area (Å²) in [6.45, 7) is 4.80. The second-order valence-corrected chi connectivity index (χ2v) is 5.63. The van der Waals surface area contributed by atoms with Gasteiger partial charge in [-0.2, -0.15) is 0 Å². The van der Waals surface area contributed by atoms with E-state index < -0.39 is 0 Å². The van der Waals surface area contributed by atoms with Crippen LogP contribution in [-0.2, 0) is 5.41 Å². The Hall–Kier alpha value is -2.29. The molecule has 0 radical (unpaired) electrons. The molecular formula is C18H21NO2. The first-order valence-electron chi connectivity index (χ1n) is 7.01. The summed E-state index contributed by atoms with van der Waals surface area (Å²) in [6, 6.07) is 17.4. The van der Waals surface area contributed by atoms with E-state index in [1.54, 1.807) is 19.2 Å². The third-order valence-corrected chi connectivity index (χ3v) is 3.60. The number of benzene rings is 2. The van der Waals surface area contributed by atoms with E-state index in [-0.39, 0.29) is 11.3 Å². The number of nitrogens with one attached hydrogen (secondary N) is 1. The van der Waals surface area contributed by atoms with Crippen molar-refractivity contribution in [2.24, 2.45) is 0 Å². The zero-order valence-corrected chi connectivity index (χ0v) is 12.7. The average Bonchev–Trinajstić information content (AvgIpc) is 2.53. The molecule has 0 fully saturated rings. The van der Waals surface area contributed by atoms with Crippen LogP contribution in [0.15, 0.2) is 54.6 Å². The van der Waals surface area contributed by atoms with Crippen molar-refractivity contribution in [2.75, 3.05) is 13.7 Å². The zero-order valence-electron chi connectivity index (χ0n) is 12.7. The van der Waals surface area contributed by atoms with Gasteiger partial charge in [-0.15, -0.1) is 0 Å². The predicted octanol–water partition coefficient (Wildman–Crippen LogP) is 3.40. The topological polar surface area (TPSA) is 38.3 Å². The molecule has 2 aromatic rings. The molecule has 0 aromatic heterocycles. The van der Waals surface area contributed by atoms with Gasteiger partial charge in [-0.25, -0.2) is 0 Å². The van der Waals surface area contributed by atoms with Crippen LogP contribution in [-0.4, -0.2) is 19.6 Å². The average molecular weight is 283 g/mol. The van der Waals surface area contributed by atoms with E-state index in [2.05, 4.69) is 31.3 Å². The van der Waals surface area contributed by atoms with Gasteiger partial charge in [-0.05, 0) is 17.7 Å². The Bertz CT molecular complexity index is 606. The van der Waals surface area contributed by atoms with Gasteiger partial charge in [0, 0.05) is 12.0 Å². The van der Waals surface area contributed by atoms with Crippen molar-refractivity contribution in [1.29, 1.82) is 0 Å². The van der Waals surface area contributed by atoms with Crippen molar-refractivity contribution in [3.63, 3.8) is 0 Å². The molecular weight excluding hydrogens is 262 g/mol. The summed E-state index contributed by atoms with van der Waals surface area (Å²) >= 11 is 0. The summed E-state index contributed by atoms with van der Waals surface area (Å²) in [4.78, 5) is 12.3. The van der Waals surface area contributed by atoms with Crippen LogP contribution in [0.5, 0.6) is 5.75 Å². The lowest BCUT2D eigenvalue weighted by molar-refractivity contribution is 0.0942. The van der Waals surface area contributed by atoms with Gasteiger partial charge in [-0.1, -0.05) is 56.3 Å². The first-order valence-corrected chi connectivity index (χ1v) is 7.01. The van der Waals surface area contributed by atoms with Crippen LogP contribution in [0.25, 0.3) is 0 Å². The van der Waals surface area contributed by atoms with Crippen molar-refractivity contribution < 1.29 is 9.53 Å². The molecule has 0 bridgehead atoms. The number of rotatable bonds is 5. The Kier molecular flexibility index (Phi) is 4.63. The molecule has 0 unspecified atom stereocenters. The fourth-order valence-corrected chi connectivity index (χ4v) is 2.22.